The van der Waals surface area contributed by atoms with Crippen molar-refractivity contribution in [3.05, 3.63) is 26.6 Å². The predicted octanol–water partition coefficient (Wildman–Crippen LogP) is 4.31. The van der Waals surface area contributed by atoms with E-state index >= 15 is 0 Å². The van der Waals surface area contributed by atoms with Crippen LogP contribution in [0.25, 0.3) is 10.2 Å². The van der Waals surface area contributed by atoms with Gasteiger partial charge in [0.15, 0.2) is 5.82 Å². The van der Waals surface area contributed by atoms with E-state index in [-0.39, 0.29) is 5.56 Å². The van der Waals surface area contributed by atoms with Gasteiger partial charge in [-0.1, -0.05) is 40.0 Å². The Kier molecular flexibility index (Phi) is 5.93. The van der Waals surface area contributed by atoms with E-state index in [1.54, 1.807) is 11.3 Å². The Hall–Kier alpha value is -1.20. The number of aromatic nitrogens is 2. The highest BCUT2D eigenvalue weighted by Crippen LogP contribution is 2.41. The van der Waals surface area contributed by atoms with Crippen LogP contribution in [0.1, 0.15) is 88.4 Å². The van der Waals surface area contributed by atoms with Crippen molar-refractivity contribution in [1.82, 2.24) is 9.97 Å². The molecule has 0 unspecified atom stereocenters. The lowest BCUT2D eigenvalue weighted by Gasteiger charge is -2.33. The van der Waals surface area contributed by atoms with Crippen LogP contribution in [0.3, 0.4) is 0 Å². The first-order valence-electron chi connectivity index (χ1n) is 11.3. The number of nitrogens with zero attached hydrogens (tertiary/aromatic N) is 1. The van der Waals surface area contributed by atoms with Gasteiger partial charge in [-0.2, -0.15) is 0 Å². The molecule has 0 aliphatic heterocycles. The molecule has 154 valence electrons. The molecule has 0 radical (unpaired) electrons. The molecule has 0 saturated heterocycles. The van der Waals surface area contributed by atoms with Crippen molar-refractivity contribution >= 4 is 21.6 Å². The lowest BCUT2D eigenvalue weighted by molar-refractivity contribution is -0.706. The maximum Gasteiger partial charge on any atom is 0.260 e. The van der Waals surface area contributed by atoms with Crippen LogP contribution >= 0.6 is 11.3 Å². The quantitative estimate of drug-likeness (QED) is 0.803. The summed E-state index contributed by atoms with van der Waals surface area (Å²) < 4.78 is 0. The minimum Gasteiger partial charge on any atom is -0.338 e. The van der Waals surface area contributed by atoms with Gasteiger partial charge in [-0.15, -0.1) is 11.3 Å². The third-order valence-corrected chi connectivity index (χ3v) is 8.14. The number of rotatable bonds is 3. The van der Waals surface area contributed by atoms with Gasteiger partial charge in [0.25, 0.3) is 5.56 Å². The molecule has 1 fully saturated rings. The summed E-state index contributed by atoms with van der Waals surface area (Å²) in [6.45, 7) is 7.81. The van der Waals surface area contributed by atoms with Gasteiger partial charge in [0.05, 0.1) is 11.4 Å². The van der Waals surface area contributed by atoms with E-state index in [0.717, 1.165) is 35.4 Å². The molecule has 0 amide bonds. The molecule has 2 aliphatic rings. The fourth-order valence-corrected chi connectivity index (χ4v) is 6.39. The van der Waals surface area contributed by atoms with Gasteiger partial charge >= 0.3 is 0 Å². The third kappa shape index (κ3) is 4.35. The molecule has 2 aliphatic carbocycles. The lowest BCUT2D eigenvalue weighted by Crippen LogP contribution is -2.88. The minimum atomic E-state index is 0.0813. The van der Waals surface area contributed by atoms with Crippen molar-refractivity contribution in [1.29, 1.82) is 0 Å². The van der Waals surface area contributed by atoms with Gasteiger partial charge in [-0.05, 0) is 61.8 Å². The smallest absolute Gasteiger partial charge is 0.260 e. The fourth-order valence-electron chi connectivity index (χ4n) is 5.07. The van der Waals surface area contributed by atoms with Gasteiger partial charge in [0.1, 0.15) is 11.4 Å². The van der Waals surface area contributed by atoms with Crippen LogP contribution in [0.5, 0.6) is 0 Å². The Bertz CT molecular complexity index is 868. The molecule has 28 heavy (non-hydrogen) atoms. The van der Waals surface area contributed by atoms with E-state index in [2.05, 4.69) is 31.1 Å². The highest BCUT2D eigenvalue weighted by molar-refractivity contribution is 7.18. The maximum absolute atomic E-state index is 12.9. The molecule has 2 heterocycles. The fraction of sp³-hybridized carbons (Fsp3) is 0.739. The standard InChI is InChI=1S/C23H35N3OS/c1-23(2,3)15-11-12-17-18(13-15)28-22-20(17)21(27)25-19(26-22)14-24-16-9-7-5-4-6-8-10-16/h15-16,24H,4-14H2,1-3H3,(H,25,26,27)/p+1/t15-/m0/s1. The molecule has 0 aromatic carbocycles. The summed E-state index contributed by atoms with van der Waals surface area (Å²) in [5, 5.41) is 3.29. The summed E-state index contributed by atoms with van der Waals surface area (Å²) in [5.74, 6) is 1.55. The number of thiophene rings is 1. The number of aromatic amines is 1. The van der Waals surface area contributed by atoms with E-state index < -0.39 is 0 Å². The predicted molar refractivity (Wildman–Crippen MR) is 117 cm³/mol. The molecule has 1 saturated carbocycles. The van der Waals surface area contributed by atoms with E-state index in [4.69, 9.17) is 4.98 Å². The van der Waals surface area contributed by atoms with Gasteiger partial charge in [0, 0.05) is 4.88 Å². The molecular formula is C23H36N3OS+. The van der Waals surface area contributed by atoms with Crippen LogP contribution in [0.15, 0.2) is 4.79 Å². The number of quaternary nitrogens is 1. The monoisotopic (exact) mass is 402 g/mol. The van der Waals surface area contributed by atoms with Crippen molar-refractivity contribution in [3.63, 3.8) is 0 Å². The second kappa shape index (κ2) is 8.27. The molecule has 4 rings (SSSR count). The van der Waals surface area contributed by atoms with Gasteiger partial charge in [-0.3, -0.25) is 4.79 Å². The number of nitrogens with one attached hydrogen (secondary N) is 1. The van der Waals surface area contributed by atoms with E-state index in [1.165, 1.54) is 61.8 Å². The first kappa shape index (κ1) is 20.1. The number of nitrogens with two attached hydrogens (primary N) is 1. The summed E-state index contributed by atoms with van der Waals surface area (Å²) >= 11 is 1.77. The zero-order valence-corrected chi connectivity index (χ0v) is 18.6. The molecule has 0 spiro atoms. The Labute approximate surface area is 172 Å². The molecule has 2 aromatic heterocycles. The Morgan fingerprint density at radius 3 is 2.54 bits per heavy atom. The second-order valence-electron chi connectivity index (χ2n) is 10.0. The highest BCUT2D eigenvalue weighted by Gasteiger charge is 2.31. The van der Waals surface area contributed by atoms with Crippen LogP contribution in [0.4, 0.5) is 0 Å². The highest BCUT2D eigenvalue weighted by atomic mass is 32.1. The van der Waals surface area contributed by atoms with Crippen molar-refractivity contribution in [2.45, 2.75) is 97.6 Å². The first-order valence-corrected chi connectivity index (χ1v) is 12.1. The Morgan fingerprint density at radius 2 is 1.82 bits per heavy atom. The van der Waals surface area contributed by atoms with Gasteiger partial charge < -0.3 is 10.3 Å². The third-order valence-electron chi connectivity index (χ3n) is 6.99. The van der Waals surface area contributed by atoms with Gasteiger partial charge in [-0.25, -0.2) is 4.98 Å². The van der Waals surface area contributed by atoms with Crippen molar-refractivity contribution in [2.24, 2.45) is 11.3 Å². The molecule has 3 N–H and O–H groups in total. The normalized spacial score (nSPS) is 22.0. The zero-order valence-electron chi connectivity index (χ0n) is 17.8. The summed E-state index contributed by atoms with van der Waals surface area (Å²) in [4.78, 5) is 23.2. The SMILES string of the molecule is CC(C)(C)[C@H]1CCc2c(sc3nc(C[NH2+]C4CCCCCCC4)[nH]c(=O)c23)C1. The molecule has 2 aromatic rings. The van der Waals surface area contributed by atoms with Crippen LogP contribution in [0.2, 0.25) is 0 Å². The second-order valence-corrected chi connectivity index (χ2v) is 11.1. The summed E-state index contributed by atoms with van der Waals surface area (Å²) in [6.07, 6.45) is 12.7. The zero-order chi connectivity index (χ0) is 19.7. The van der Waals surface area contributed by atoms with E-state index in [0.29, 0.717) is 17.4 Å². The summed E-state index contributed by atoms with van der Waals surface area (Å²) in [5.41, 5.74) is 1.69. The van der Waals surface area contributed by atoms with Crippen LogP contribution in [-0.4, -0.2) is 16.0 Å². The van der Waals surface area contributed by atoms with Crippen LogP contribution < -0.4 is 10.9 Å². The van der Waals surface area contributed by atoms with Crippen LogP contribution in [0, 0.1) is 11.3 Å². The maximum atomic E-state index is 12.9. The summed E-state index contributed by atoms with van der Waals surface area (Å²) in [7, 11) is 0. The molecule has 4 nitrogen and oxygen atoms in total. The lowest BCUT2D eigenvalue weighted by atomic mass is 9.72. The molecule has 5 heteroatoms. The van der Waals surface area contributed by atoms with Crippen molar-refractivity contribution in [2.75, 3.05) is 0 Å². The number of hydrogen-bond donors (Lipinski definition) is 2. The average molecular weight is 403 g/mol. The van der Waals surface area contributed by atoms with Crippen molar-refractivity contribution < 1.29 is 5.32 Å². The Morgan fingerprint density at radius 1 is 1.11 bits per heavy atom. The molecular weight excluding hydrogens is 366 g/mol. The number of H-pyrrole nitrogens is 1. The largest absolute Gasteiger partial charge is 0.338 e. The summed E-state index contributed by atoms with van der Waals surface area (Å²) in [6, 6.07) is 0.686. The number of aryl methyl sites for hydroxylation is 1. The number of fused-ring (bicyclic) bond motifs is 3. The van der Waals surface area contributed by atoms with Crippen LogP contribution in [-0.2, 0) is 19.4 Å². The van der Waals surface area contributed by atoms with Gasteiger partial charge in [0.2, 0.25) is 0 Å². The minimum absolute atomic E-state index is 0.0813. The van der Waals surface area contributed by atoms with E-state index in [9.17, 15) is 4.79 Å². The average Bonchev–Trinajstić information content (AvgIpc) is 2.98. The molecule has 1 atom stereocenters. The first-order chi connectivity index (χ1) is 13.4. The topological polar surface area (TPSA) is 62.4 Å². The van der Waals surface area contributed by atoms with E-state index in [1.807, 2.05) is 0 Å². The van der Waals surface area contributed by atoms with Crippen molar-refractivity contribution in [3.8, 4) is 0 Å². The number of hydrogen-bond acceptors (Lipinski definition) is 3. The Balaban J connectivity index is 1.52. The molecule has 0 bridgehead atoms.